The molecular weight excluding hydrogens is 376 g/mol. The van der Waals surface area contributed by atoms with E-state index in [1.54, 1.807) is 4.90 Å². The molecular formula is C21H23ClN4O2. The zero-order valence-corrected chi connectivity index (χ0v) is 16.9. The molecule has 1 aromatic carbocycles. The molecule has 6 nitrogen and oxygen atoms in total. The molecule has 0 bridgehead atoms. The molecule has 1 saturated heterocycles. The number of imidazole rings is 1. The monoisotopic (exact) mass is 398 g/mol. The van der Waals surface area contributed by atoms with Gasteiger partial charge in [0.05, 0.1) is 29.8 Å². The van der Waals surface area contributed by atoms with E-state index in [0.29, 0.717) is 6.54 Å². The highest BCUT2D eigenvalue weighted by molar-refractivity contribution is 6.18. The number of cyclic esters (lactones) is 1. The Morgan fingerprint density at radius 3 is 2.79 bits per heavy atom. The number of ether oxygens (including phenoxy) is 1. The molecule has 1 aliphatic heterocycles. The zero-order valence-electron chi connectivity index (χ0n) is 16.1. The molecule has 2 atom stereocenters. The molecule has 3 aromatic rings. The first kappa shape index (κ1) is 18.8. The number of nitrogens with zero attached hydrogens (tertiary/aromatic N) is 3. The average molecular weight is 399 g/mol. The summed E-state index contributed by atoms with van der Waals surface area (Å²) < 4.78 is 7.40. The van der Waals surface area contributed by atoms with Crippen molar-refractivity contribution in [2.75, 3.05) is 17.3 Å². The van der Waals surface area contributed by atoms with Gasteiger partial charge in [-0.25, -0.2) is 9.78 Å². The van der Waals surface area contributed by atoms with E-state index >= 15 is 0 Å². The molecule has 0 spiro atoms. The predicted octanol–water partition coefficient (Wildman–Crippen LogP) is 3.87. The number of aryl methyl sites for hydroxylation is 3. The average Bonchev–Trinajstić information content (AvgIpc) is 3.20. The van der Waals surface area contributed by atoms with Gasteiger partial charge in [-0.05, 0) is 38.5 Å². The molecule has 0 saturated carbocycles. The molecule has 1 fully saturated rings. The number of halogens is 1. The summed E-state index contributed by atoms with van der Waals surface area (Å²) in [5.74, 6) is 0.265. The number of fused-ring (bicyclic) bond motifs is 1. The molecule has 2 aromatic heterocycles. The predicted molar refractivity (Wildman–Crippen MR) is 110 cm³/mol. The molecule has 146 valence electrons. The number of pyridine rings is 1. The van der Waals surface area contributed by atoms with Crippen LogP contribution in [0, 0.1) is 20.8 Å². The quantitative estimate of drug-likeness (QED) is 0.677. The summed E-state index contributed by atoms with van der Waals surface area (Å²) in [6, 6.07) is 9.35. The third-order valence-corrected chi connectivity index (χ3v) is 5.78. The van der Waals surface area contributed by atoms with Crippen molar-refractivity contribution in [3.8, 4) is 0 Å². The first-order valence-electron chi connectivity index (χ1n) is 9.25. The summed E-state index contributed by atoms with van der Waals surface area (Å²) >= 11 is 5.90. The molecule has 28 heavy (non-hydrogen) atoms. The second-order valence-electron chi connectivity index (χ2n) is 7.20. The number of nitrogens with two attached hydrogens (primary N) is 1. The van der Waals surface area contributed by atoms with Gasteiger partial charge >= 0.3 is 6.09 Å². The van der Waals surface area contributed by atoms with Crippen LogP contribution in [0.3, 0.4) is 0 Å². The summed E-state index contributed by atoms with van der Waals surface area (Å²) in [5, 5.41) is 0. The van der Waals surface area contributed by atoms with Gasteiger partial charge < -0.3 is 14.9 Å². The van der Waals surface area contributed by atoms with Crippen LogP contribution < -0.4 is 10.6 Å². The number of hydrogen-bond acceptors (Lipinski definition) is 4. The number of benzene rings is 1. The highest BCUT2D eigenvalue weighted by atomic mass is 35.5. The fourth-order valence-corrected chi connectivity index (χ4v) is 3.98. The van der Waals surface area contributed by atoms with Gasteiger partial charge in [-0.15, -0.1) is 11.6 Å². The Kier molecular flexibility index (Phi) is 4.77. The maximum Gasteiger partial charge on any atom is 0.414 e. The largest absolute Gasteiger partial charge is 0.443 e. The molecule has 3 heterocycles. The lowest BCUT2D eigenvalue weighted by Gasteiger charge is -2.24. The maximum atomic E-state index is 12.4. The topological polar surface area (TPSA) is 72.9 Å². The SMILES string of the molecule is Cc1cccc(N2CC(CCl)OC2=O)c1C(N)c1cccn2c(C)c(C)nc12. The van der Waals surface area contributed by atoms with Gasteiger partial charge in [0, 0.05) is 23.0 Å². The third kappa shape index (κ3) is 2.93. The second-order valence-corrected chi connectivity index (χ2v) is 7.50. The van der Waals surface area contributed by atoms with Gasteiger partial charge in [0.15, 0.2) is 0 Å². The number of amides is 1. The minimum absolute atomic E-state index is 0.265. The van der Waals surface area contributed by atoms with E-state index in [1.165, 1.54) is 0 Å². The Bertz CT molecular complexity index is 1060. The fourth-order valence-electron chi connectivity index (χ4n) is 3.82. The molecule has 2 N–H and O–H groups in total. The van der Waals surface area contributed by atoms with E-state index in [1.807, 2.05) is 57.3 Å². The van der Waals surface area contributed by atoms with Crippen molar-refractivity contribution in [1.82, 2.24) is 9.38 Å². The Morgan fingerprint density at radius 1 is 1.29 bits per heavy atom. The number of anilines is 1. The van der Waals surface area contributed by atoms with Crippen molar-refractivity contribution >= 4 is 29.0 Å². The van der Waals surface area contributed by atoms with Crippen molar-refractivity contribution in [2.45, 2.75) is 32.9 Å². The molecule has 0 radical (unpaired) electrons. The van der Waals surface area contributed by atoms with Crippen LogP contribution in [-0.4, -0.2) is 34.0 Å². The van der Waals surface area contributed by atoms with Crippen molar-refractivity contribution < 1.29 is 9.53 Å². The normalized spacial score (nSPS) is 18.0. The van der Waals surface area contributed by atoms with Crippen molar-refractivity contribution in [2.24, 2.45) is 5.73 Å². The van der Waals surface area contributed by atoms with Gasteiger partial charge in [0.2, 0.25) is 0 Å². The Morgan fingerprint density at radius 2 is 2.07 bits per heavy atom. The van der Waals surface area contributed by atoms with Gasteiger partial charge in [-0.3, -0.25) is 4.90 Å². The smallest absolute Gasteiger partial charge is 0.414 e. The van der Waals surface area contributed by atoms with Crippen molar-refractivity contribution in [3.63, 3.8) is 0 Å². The van der Waals surface area contributed by atoms with Crippen LogP contribution >= 0.6 is 11.6 Å². The van der Waals surface area contributed by atoms with Gasteiger partial charge in [0.25, 0.3) is 0 Å². The second kappa shape index (κ2) is 7.11. The molecule has 0 aliphatic carbocycles. The van der Waals surface area contributed by atoms with Crippen LogP contribution in [0.5, 0.6) is 0 Å². The Hall–Kier alpha value is -2.57. The lowest BCUT2D eigenvalue weighted by molar-refractivity contribution is 0.151. The number of aromatic nitrogens is 2. The van der Waals surface area contributed by atoms with E-state index in [-0.39, 0.29) is 12.0 Å². The molecule has 2 unspecified atom stereocenters. The van der Waals surface area contributed by atoms with Crippen LogP contribution in [0.15, 0.2) is 36.5 Å². The first-order chi connectivity index (χ1) is 13.4. The Labute approximate surface area is 168 Å². The number of rotatable bonds is 4. The van der Waals surface area contributed by atoms with E-state index in [4.69, 9.17) is 27.1 Å². The van der Waals surface area contributed by atoms with Crippen LogP contribution in [0.25, 0.3) is 5.65 Å². The minimum Gasteiger partial charge on any atom is -0.443 e. The van der Waals surface area contributed by atoms with Gasteiger partial charge in [-0.1, -0.05) is 18.2 Å². The van der Waals surface area contributed by atoms with Crippen LogP contribution in [0.4, 0.5) is 10.5 Å². The highest BCUT2D eigenvalue weighted by Crippen LogP contribution is 2.35. The maximum absolute atomic E-state index is 12.4. The van der Waals surface area contributed by atoms with Gasteiger partial charge in [-0.2, -0.15) is 0 Å². The summed E-state index contributed by atoms with van der Waals surface area (Å²) in [5.41, 5.74) is 13.2. The lowest BCUT2D eigenvalue weighted by Crippen LogP contribution is -2.28. The van der Waals surface area contributed by atoms with E-state index < -0.39 is 12.1 Å². The lowest BCUT2D eigenvalue weighted by atomic mass is 9.94. The number of alkyl halides is 1. The molecule has 4 rings (SSSR count). The third-order valence-electron chi connectivity index (χ3n) is 5.44. The van der Waals surface area contributed by atoms with E-state index in [2.05, 4.69) is 4.40 Å². The number of carbonyl (C=O) groups is 1. The minimum atomic E-state index is -0.441. The van der Waals surface area contributed by atoms with Crippen LogP contribution in [-0.2, 0) is 4.74 Å². The number of carbonyl (C=O) groups excluding carboxylic acids is 1. The molecule has 1 aliphatic rings. The summed E-state index contributed by atoms with van der Waals surface area (Å²) in [6.07, 6.45) is 1.28. The van der Waals surface area contributed by atoms with Crippen LogP contribution in [0.2, 0.25) is 0 Å². The van der Waals surface area contributed by atoms with Gasteiger partial charge in [0.1, 0.15) is 11.8 Å². The first-order valence-corrected chi connectivity index (χ1v) is 9.79. The number of hydrogen-bond donors (Lipinski definition) is 1. The van der Waals surface area contributed by atoms with Crippen molar-refractivity contribution in [1.29, 1.82) is 0 Å². The van der Waals surface area contributed by atoms with Crippen molar-refractivity contribution in [3.05, 3.63) is 64.6 Å². The zero-order chi connectivity index (χ0) is 20.0. The van der Waals surface area contributed by atoms with E-state index in [9.17, 15) is 4.79 Å². The summed E-state index contributed by atoms with van der Waals surface area (Å²) in [4.78, 5) is 18.8. The van der Waals surface area contributed by atoms with E-state index in [0.717, 1.165) is 39.4 Å². The standard InChI is InChI=1S/C21H23ClN4O2/c1-12-6-4-8-17(26-11-15(10-22)28-21(26)27)18(12)19(23)16-7-5-9-25-14(3)13(2)24-20(16)25/h4-9,15,19H,10-11,23H2,1-3H3. The summed E-state index contributed by atoms with van der Waals surface area (Å²) in [7, 11) is 0. The molecule has 1 amide bonds. The Balaban J connectivity index is 1.84. The highest BCUT2D eigenvalue weighted by Gasteiger charge is 2.34. The fraction of sp³-hybridized carbons (Fsp3) is 0.333. The molecule has 7 heteroatoms. The summed E-state index contributed by atoms with van der Waals surface area (Å²) in [6.45, 7) is 6.44. The van der Waals surface area contributed by atoms with Crippen LogP contribution in [0.1, 0.15) is 34.1 Å².